The van der Waals surface area contributed by atoms with Crippen LogP contribution >= 0.6 is 15.4 Å². The fraction of sp³-hybridized carbons (Fsp3) is 0. The second kappa shape index (κ2) is 13.6. The molecule has 0 aromatic heterocycles. The molecule has 1 aliphatic heterocycles. The minimum absolute atomic E-state index is 0.584. The van der Waals surface area contributed by atoms with Crippen LogP contribution in [0.1, 0.15) is 0 Å². The lowest BCUT2D eigenvalue weighted by Crippen LogP contribution is -2.28. The standard InChI is InChI=1S/C42H34N4O2P2/c47-49(44(34-20-7-2-8-21-34)40-29-14-13-28-39(40)43-33-18-5-1-6-19-33)37-26-17-27-38(32-37)50(48)45(35-22-9-3-10-23-35)41-30-15-16-31-42(41)46(50)36-24-11-4-12-25-36/h1-32,43,49H. The fourth-order valence-electron chi connectivity index (χ4n) is 6.51. The van der Waals surface area contributed by atoms with Gasteiger partial charge in [0.1, 0.15) is 0 Å². The summed E-state index contributed by atoms with van der Waals surface area (Å²) in [5, 5.41) is 4.71. The van der Waals surface area contributed by atoms with Gasteiger partial charge in [-0.2, -0.15) is 0 Å². The predicted molar refractivity (Wildman–Crippen MR) is 211 cm³/mol. The smallest absolute Gasteiger partial charge is 0.301 e. The normalized spacial score (nSPS) is 13.8. The zero-order chi connectivity index (χ0) is 33.9. The van der Waals surface area contributed by atoms with E-state index in [2.05, 4.69) is 5.32 Å². The summed E-state index contributed by atoms with van der Waals surface area (Å²) < 4.78 is 37.1. The molecular formula is C42H34N4O2P2. The monoisotopic (exact) mass is 688 g/mol. The fourth-order valence-corrected chi connectivity index (χ4v) is 11.2. The first-order valence-electron chi connectivity index (χ1n) is 16.4. The SMILES string of the molecule is O=[PH](c1cccc(P2(=O)N(c3ccccc3)c3ccccc3N2c2ccccc2)c1)N(c1ccccc1)c1ccccc1Nc1ccccc1. The van der Waals surface area contributed by atoms with Gasteiger partial charge in [-0.3, -0.25) is 23.1 Å². The Morgan fingerprint density at radius 1 is 0.520 bits per heavy atom. The maximum Gasteiger partial charge on any atom is 0.301 e. The van der Waals surface area contributed by atoms with Gasteiger partial charge in [-0.15, -0.1) is 0 Å². The van der Waals surface area contributed by atoms with E-state index in [0.29, 0.717) is 10.6 Å². The van der Waals surface area contributed by atoms with Crippen LogP contribution < -0.4 is 29.9 Å². The second-order valence-corrected chi connectivity index (χ2v) is 15.9. The largest absolute Gasteiger partial charge is 0.354 e. The lowest BCUT2D eigenvalue weighted by Gasteiger charge is -2.33. The van der Waals surface area contributed by atoms with Crippen LogP contribution in [0.5, 0.6) is 0 Å². The average molecular weight is 689 g/mol. The van der Waals surface area contributed by atoms with Gasteiger partial charge in [-0.25, -0.2) is 0 Å². The molecule has 0 fully saturated rings. The maximum absolute atomic E-state index is 16.2. The molecule has 244 valence electrons. The molecule has 1 unspecified atom stereocenters. The summed E-state index contributed by atoms with van der Waals surface area (Å²) in [5.41, 5.74) is 6.62. The van der Waals surface area contributed by atoms with Crippen molar-refractivity contribution in [2.75, 3.05) is 19.3 Å². The molecule has 0 saturated heterocycles. The topological polar surface area (TPSA) is 55.9 Å². The van der Waals surface area contributed by atoms with E-state index >= 15 is 9.13 Å². The molecule has 1 N–H and O–H groups in total. The van der Waals surface area contributed by atoms with Gasteiger partial charge < -0.3 is 5.32 Å². The van der Waals surface area contributed by atoms with Crippen molar-refractivity contribution in [3.63, 3.8) is 0 Å². The van der Waals surface area contributed by atoms with Crippen molar-refractivity contribution in [3.05, 3.63) is 194 Å². The average Bonchev–Trinajstić information content (AvgIpc) is 3.46. The van der Waals surface area contributed by atoms with Crippen LogP contribution in [0.25, 0.3) is 0 Å². The van der Waals surface area contributed by atoms with Crippen molar-refractivity contribution in [3.8, 4) is 0 Å². The molecule has 8 heteroatoms. The highest BCUT2D eigenvalue weighted by atomic mass is 31.2. The molecule has 7 aromatic carbocycles. The quantitative estimate of drug-likeness (QED) is 0.152. The van der Waals surface area contributed by atoms with Crippen molar-refractivity contribution in [1.82, 2.24) is 0 Å². The number of fused-ring (bicyclic) bond motifs is 1. The van der Waals surface area contributed by atoms with E-state index < -0.39 is 15.4 Å². The number of benzene rings is 7. The Balaban J connectivity index is 1.28. The lowest BCUT2D eigenvalue weighted by atomic mass is 10.2. The third kappa shape index (κ3) is 5.69. The van der Waals surface area contributed by atoms with E-state index in [1.54, 1.807) is 0 Å². The molecule has 0 spiro atoms. The minimum Gasteiger partial charge on any atom is -0.354 e. The predicted octanol–water partition coefficient (Wildman–Crippen LogP) is 11.2. The number of rotatable bonds is 9. The molecule has 6 nitrogen and oxygen atoms in total. The van der Waals surface area contributed by atoms with E-state index in [9.17, 15) is 0 Å². The summed E-state index contributed by atoms with van der Waals surface area (Å²) in [4.78, 5) is 0. The van der Waals surface area contributed by atoms with Crippen LogP contribution in [-0.2, 0) is 9.13 Å². The zero-order valence-corrected chi connectivity index (χ0v) is 29.0. The third-order valence-electron chi connectivity index (χ3n) is 8.73. The third-order valence-corrected chi connectivity index (χ3v) is 13.4. The Morgan fingerprint density at radius 2 is 1.02 bits per heavy atom. The van der Waals surface area contributed by atoms with Crippen molar-refractivity contribution in [1.29, 1.82) is 0 Å². The number of nitrogens with zero attached hydrogens (tertiary/aromatic N) is 3. The van der Waals surface area contributed by atoms with Gasteiger partial charge in [-0.1, -0.05) is 103 Å². The summed E-state index contributed by atoms with van der Waals surface area (Å²) in [6.45, 7) is 0. The summed E-state index contributed by atoms with van der Waals surface area (Å²) in [6, 6.07) is 62.8. The Morgan fingerprint density at radius 3 is 1.62 bits per heavy atom. The highest BCUT2D eigenvalue weighted by Crippen LogP contribution is 2.69. The number of hydrogen-bond acceptors (Lipinski definition) is 3. The van der Waals surface area contributed by atoms with Crippen molar-refractivity contribution >= 4 is 71.5 Å². The van der Waals surface area contributed by atoms with Gasteiger partial charge in [0.05, 0.1) is 28.1 Å². The first-order chi connectivity index (χ1) is 24.6. The number of nitrogens with one attached hydrogen (secondary N) is 1. The van der Waals surface area contributed by atoms with Crippen LogP contribution in [0.4, 0.5) is 45.5 Å². The Labute approximate surface area is 293 Å². The molecule has 0 amide bonds. The number of hydrogen-bond donors (Lipinski definition) is 1. The first kappa shape index (κ1) is 31.5. The Bertz CT molecular complexity index is 2250. The number of para-hydroxylation sites is 8. The highest BCUT2D eigenvalue weighted by Gasteiger charge is 2.49. The summed E-state index contributed by atoms with van der Waals surface area (Å²) in [7, 11) is -6.40. The van der Waals surface area contributed by atoms with Gasteiger partial charge in [0.2, 0.25) is 0 Å². The lowest BCUT2D eigenvalue weighted by molar-refractivity contribution is 0.582. The molecule has 7 aromatic rings. The van der Waals surface area contributed by atoms with Crippen molar-refractivity contribution < 1.29 is 9.13 Å². The van der Waals surface area contributed by atoms with Crippen LogP contribution in [0, 0.1) is 0 Å². The van der Waals surface area contributed by atoms with Crippen molar-refractivity contribution in [2.45, 2.75) is 0 Å². The van der Waals surface area contributed by atoms with E-state index in [1.165, 1.54) is 0 Å². The van der Waals surface area contributed by atoms with E-state index in [0.717, 1.165) is 45.5 Å². The summed E-state index contributed by atoms with van der Waals surface area (Å²) in [5.74, 6) is 0. The van der Waals surface area contributed by atoms with Gasteiger partial charge in [-0.05, 0) is 91.0 Å². The van der Waals surface area contributed by atoms with Crippen LogP contribution in [0.2, 0.25) is 0 Å². The van der Waals surface area contributed by atoms with Crippen molar-refractivity contribution in [2.24, 2.45) is 0 Å². The van der Waals surface area contributed by atoms with Crippen LogP contribution in [-0.4, -0.2) is 0 Å². The van der Waals surface area contributed by atoms with Crippen LogP contribution in [0.3, 0.4) is 0 Å². The maximum atomic E-state index is 16.2. The molecule has 0 radical (unpaired) electrons. The van der Waals surface area contributed by atoms with E-state index in [-0.39, 0.29) is 0 Å². The molecule has 1 atom stereocenters. The molecule has 50 heavy (non-hydrogen) atoms. The van der Waals surface area contributed by atoms with E-state index in [1.807, 2.05) is 208 Å². The summed E-state index contributed by atoms with van der Waals surface area (Å²) >= 11 is 0. The zero-order valence-electron chi connectivity index (χ0n) is 27.1. The van der Waals surface area contributed by atoms with E-state index in [4.69, 9.17) is 0 Å². The van der Waals surface area contributed by atoms with Crippen LogP contribution in [0.15, 0.2) is 194 Å². The van der Waals surface area contributed by atoms with Gasteiger partial charge in [0.15, 0.2) is 7.95 Å². The van der Waals surface area contributed by atoms with Gasteiger partial charge in [0, 0.05) is 28.1 Å². The van der Waals surface area contributed by atoms with Gasteiger partial charge in [0.25, 0.3) is 0 Å². The Hall–Kier alpha value is -5.80. The first-order valence-corrected chi connectivity index (χ1v) is 19.4. The van der Waals surface area contributed by atoms with Gasteiger partial charge >= 0.3 is 7.44 Å². The molecule has 0 aliphatic carbocycles. The molecule has 1 aliphatic rings. The molecule has 0 bridgehead atoms. The number of anilines is 8. The minimum atomic E-state index is -3.65. The summed E-state index contributed by atoms with van der Waals surface area (Å²) in [6.07, 6.45) is 0. The molecular weight excluding hydrogens is 654 g/mol. The Kier molecular flexibility index (Phi) is 8.56. The second-order valence-electron chi connectivity index (χ2n) is 11.9. The molecule has 1 heterocycles. The molecule has 8 rings (SSSR count). The highest BCUT2D eigenvalue weighted by molar-refractivity contribution is 7.76. The molecule has 0 saturated carbocycles.